The van der Waals surface area contributed by atoms with E-state index in [1.54, 1.807) is 0 Å². The van der Waals surface area contributed by atoms with Crippen molar-refractivity contribution in [2.24, 2.45) is 5.92 Å². The van der Waals surface area contributed by atoms with Gasteiger partial charge in [-0.25, -0.2) is 0 Å². The number of nitrogens with zero attached hydrogens (tertiary/aromatic N) is 3. The zero-order valence-electron chi connectivity index (χ0n) is 11.3. The number of amides is 1. The molecule has 0 aromatic heterocycles. The second kappa shape index (κ2) is 6.50. The Bertz CT molecular complexity index is 277. The first-order chi connectivity index (χ1) is 8.69. The third kappa shape index (κ3) is 3.67. The molecule has 1 N–H and O–H groups in total. The van der Waals surface area contributed by atoms with Crippen molar-refractivity contribution in [1.82, 2.24) is 14.7 Å². The van der Waals surface area contributed by atoms with Crippen LogP contribution in [0, 0.1) is 5.92 Å². The second-order valence-electron chi connectivity index (χ2n) is 5.59. The molecule has 104 valence electrons. The van der Waals surface area contributed by atoms with E-state index in [0.717, 1.165) is 52.1 Å². The van der Waals surface area contributed by atoms with Gasteiger partial charge in [-0.2, -0.15) is 0 Å². The molecule has 2 saturated heterocycles. The van der Waals surface area contributed by atoms with Gasteiger partial charge in [-0.1, -0.05) is 0 Å². The Morgan fingerprint density at radius 1 is 1.22 bits per heavy atom. The average molecular weight is 255 g/mol. The lowest BCUT2D eigenvalue weighted by Crippen LogP contribution is -2.49. The molecule has 1 unspecified atom stereocenters. The minimum atomic E-state index is 0.269. The summed E-state index contributed by atoms with van der Waals surface area (Å²) in [5.74, 6) is 0.850. The Balaban J connectivity index is 1.71. The minimum absolute atomic E-state index is 0.269. The molecule has 5 heteroatoms. The summed E-state index contributed by atoms with van der Waals surface area (Å²) in [5, 5.41) is 8.93. The number of aliphatic hydroxyl groups is 1. The molecule has 2 aliphatic heterocycles. The lowest BCUT2D eigenvalue weighted by Gasteiger charge is -2.33. The Morgan fingerprint density at radius 3 is 2.61 bits per heavy atom. The zero-order chi connectivity index (χ0) is 13.0. The largest absolute Gasteiger partial charge is 0.396 e. The molecule has 0 aliphatic carbocycles. The van der Waals surface area contributed by atoms with Crippen LogP contribution in [0.1, 0.15) is 12.8 Å². The quantitative estimate of drug-likeness (QED) is 0.733. The summed E-state index contributed by atoms with van der Waals surface area (Å²) in [6, 6.07) is 0. The van der Waals surface area contributed by atoms with Gasteiger partial charge in [0, 0.05) is 39.3 Å². The van der Waals surface area contributed by atoms with Crippen molar-refractivity contribution in [3.8, 4) is 0 Å². The summed E-state index contributed by atoms with van der Waals surface area (Å²) in [6.07, 6.45) is 2.00. The molecular formula is C13H25N3O2. The van der Waals surface area contributed by atoms with Gasteiger partial charge in [0.05, 0.1) is 6.54 Å². The lowest BCUT2D eigenvalue weighted by molar-refractivity contribution is -0.133. The highest BCUT2D eigenvalue weighted by Gasteiger charge is 2.26. The van der Waals surface area contributed by atoms with E-state index in [9.17, 15) is 4.79 Å². The van der Waals surface area contributed by atoms with Crippen LogP contribution in [0.4, 0.5) is 0 Å². The van der Waals surface area contributed by atoms with Gasteiger partial charge in [0.1, 0.15) is 0 Å². The topological polar surface area (TPSA) is 47.0 Å². The van der Waals surface area contributed by atoms with Crippen LogP contribution >= 0.6 is 0 Å². The van der Waals surface area contributed by atoms with E-state index in [4.69, 9.17) is 5.11 Å². The first-order valence-electron chi connectivity index (χ1n) is 6.98. The summed E-state index contributed by atoms with van der Waals surface area (Å²) in [4.78, 5) is 18.6. The Labute approximate surface area is 109 Å². The fraction of sp³-hybridized carbons (Fsp3) is 0.923. The number of hydrogen-bond donors (Lipinski definition) is 1. The number of rotatable bonds is 4. The van der Waals surface area contributed by atoms with E-state index in [1.165, 1.54) is 0 Å². The Kier molecular flexibility index (Phi) is 4.97. The summed E-state index contributed by atoms with van der Waals surface area (Å²) in [7, 11) is 2.10. The number of carbonyl (C=O) groups excluding carboxylic acids is 1. The predicted molar refractivity (Wildman–Crippen MR) is 70.3 cm³/mol. The molecular weight excluding hydrogens is 230 g/mol. The van der Waals surface area contributed by atoms with Crippen molar-refractivity contribution in [2.45, 2.75) is 12.8 Å². The van der Waals surface area contributed by atoms with Crippen LogP contribution in [0.25, 0.3) is 0 Å². The Morgan fingerprint density at radius 2 is 1.94 bits per heavy atom. The van der Waals surface area contributed by atoms with Crippen LogP contribution in [0.2, 0.25) is 0 Å². The van der Waals surface area contributed by atoms with Crippen LogP contribution in [-0.2, 0) is 4.79 Å². The molecule has 0 saturated carbocycles. The molecule has 2 aliphatic rings. The first kappa shape index (κ1) is 13.8. The molecule has 0 aromatic carbocycles. The van der Waals surface area contributed by atoms with Gasteiger partial charge in [0.15, 0.2) is 0 Å². The fourth-order valence-electron chi connectivity index (χ4n) is 2.82. The highest BCUT2D eigenvalue weighted by molar-refractivity contribution is 5.78. The van der Waals surface area contributed by atoms with Crippen molar-refractivity contribution in [2.75, 3.05) is 59.5 Å². The molecule has 0 spiro atoms. The normalized spacial score (nSPS) is 26.8. The van der Waals surface area contributed by atoms with Gasteiger partial charge >= 0.3 is 0 Å². The third-order valence-electron chi connectivity index (χ3n) is 4.12. The summed E-state index contributed by atoms with van der Waals surface area (Å²) >= 11 is 0. The van der Waals surface area contributed by atoms with Crippen molar-refractivity contribution < 1.29 is 9.90 Å². The van der Waals surface area contributed by atoms with Crippen LogP contribution in [0.15, 0.2) is 0 Å². The maximum Gasteiger partial charge on any atom is 0.236 e. The van der Waals surface area contributed by atoms with Crippen molar-refractivity contribution in [3.05, 3.63) is 0 Å². The van der Waals surface area contributed by atoms with Gasteiger partial charge in [0.2, 0.25) is 5.91 Å². The van der Waals surface area contributed by atoms with Gasteiger partial charge in [-0.15, -0.1) is 0 Å². The molecule has 0 radical (unpaired) electrons. The molecule has 1 amide bonds. The summed E-state index contributed by atoms with van der Waals surface area (Å²) < 4.78 is 0. The maximum absolute atomic E-state index is 12.1. The van der Waals surface area contributed by atoms with E-state index in [-0.39, 0.29) is 12.5 Å². The minimum Gasteiger partial charge on any atom is -0.396 e. The van der Waals surface area contributed by atoms with E-state index < -0.39 is 0 Å². The number of likely N-dealkylation sites (tertiary alicyclic amines) is 1. The summed E-state index contributed by atoms with van der Waals surface area (Å²) in [5.41, 5.74) is 0. The highest BCUT2D eigenvalue weighted by atomic mass is 16.3. The number of piperazine rings is 1. The van der Waals surface area contributed by atoms with Crippen LogP contribution in [0.3, 0.4) is 0 Å². The van der Waals surface area contributed by atoms with E-state index >= 15 is 0 Å². The van der Waals surface area contributed by atoms with Crippen molar-refractivity contribution in [1.29, 1.82) is 0 Å². The van der Waals surface area contributed by atoms with Crippen LogP contribution < -0.4 is 0 Å². The zero-order valence-corrected chi connectivity index (χ0v) is 11.3. The lowest BCUT2D eigenvalue weighted by atomic mass is 10.1. The highest BCUT2D eigenvalue weighted by Crippen LogP contribution is 2.19. The molecule has 0 aromatic rings. The predicted octanol–water partition coefficient (Wildman–Crippen LogP) is -0.535. The standard InChI is InChI=1S/C13H25N3O2/c1-14-5-7-16(8-6-14)13(18)11-15-4-2-12(10-15)3-9-17/h12,17H,2-11H2,1H3. The number of likely N-dealkylation sites (N-methyl/N-ethyl adjacent to an activating group) is 1. The Hall–Kier alpha value is -0.650. The number of aliphatic hydroxyl groups excluding tert-OH is 1. The fourth-order valence-corrected chi connectivity index (χ4v) is 2.82. The van der Waals surface area contributed by atoms with Gasteiger partial charge in [-0.05, 0) is 32.4 Å². The third-order valence-corrected chi connectivity index (χ3v) is 4.12. The monoisotopic (exact) mass is 255 g/mol. The second-order valence-corrected chi connectivity index (χ2v) is 5.59. The molecule has 2 rings (SSSR count). The van der Waals surface area contributed by atoms with Crippen molar-refractivity contribution >= 4 is 5.91 Å². The summed E-state index contributed by atoms with van der Waals surface area (Å²) in [6.45, 7) is 6.50. The number of carbonyl (C=O) groups is 1. The molecule has 18 heavy (non-hydrogen) atoms. The molecule has 2 fully saturated rings. The molecule has 2 heterocycles. The van der Waals surface area contributed by atoms with Gasteiger partial charge in [0.25, 0.3) is 0 Å². The van der Waals surface area contributed by atoms with E-state index in [1.807, 2.05) is 4.90 Å². The number of hydrogen-bond acceptors (Lipinski definition) is 4. The molecule has 0 bridgehead atoms. The maximum atomic E-state index is 12.1. The van der Waals surface area contributed by atoms with E-state index in [2.05, 4.69) is 16.8 Å². The van der Waals surface area contributed by atoms with Crippen LogP contribution in [0.5, 0.6) is 0 Å². The van der Waals surface area contributed by atoms with E-state index in [0.29, 0.717) is 12.5 Å². The molecule has 5 nitrogen and oxygen atoms in total. The SMILES string of the molecule is CN1CCN(C(=O)CN2CCC(CCO)C2)CC1. The first-order valence-corrected chi connectivity index (χ1v) is 6.98. The molecule has 1 atom stereocenters. The van der Waals surface area contributed by atoms with Gasteiger partial charge in [-0.3, -0.25) is 9.69 Å². The van der Waals surface area contributed by atoms with Crippen molar-refractivity contribution in [3.63, 3.8) is 0 Å². The van der Waals surface area contributed by atoms with Gasteiger partial charge < -0.3 is 14.9 Å². The smallest absolute Gasteiger partial charge is 0.236 e. The average Bonchev–Trinajstić information content (AvgIpc) is 2.78. The van der Waals surface area contributed by atoms with Crippen LogP contribution in [-0.4, -0.2) is 85.2 Å².